The lowest BCUT2D eigenvalue weighted by Crippen LogP contribution is -2.35. The monoisotopic (exact) mass is 564 g/mol. The van der Waals surface area contributed by atoms with Crippen molar-refractivity contribution in [2.75, 3.05) is 26.3 Å². The zero-order valence-electron chi connectivity index (χ0n) is 23.1. The number of amides is 2. The molecule has 4 aromatic carbocycles. The van der Waals surface area contributed by atoms with E-state index in [0.29, 0.717) is 47.3 Å². The van der Waals surface area contributed by atoms with Crippen LogP contribution in [0, 0.1) is 0 Å². The van der Waals surface area contributed by atoms with Gasteiger partial charge in [0.2, 0.25) is 0 Å². The number of hydrogen-bond acceptors (Lipinski definition) is 6. The topological polar surface area (TPSA) is 95.1 Å². The number of carbonyl (C=O) groups is 2. The quantitative estimate of drug-likeness (QED) is 0.280. The lowest BCUT2D eigenvalue weighted by Gasteiger charge is -2.15. The second kappa shape index (κ2) is 14.4. The van der Waals surface area contributed by atoms with Gasteiger partial charge in [-0.1, -0.05) is 60.7 Å². The molecule has 1 aliphatic rings. The lowest BCUT2D eigenvalue weighted by atomic mass is 10.1. The van der Waals surface area contributed by atoms with E-state index in [4.69, 9.17) is 18.9 Å². The van der Waals surface area contributed by atoms with Crippen molar-refractivity contribution in [3.63, 3.8) is 0 Å². The SMILES string of the molecule is O=C1NCCNC(=O)c2ccccc2OCc2ccccc2OC/C=C\COc2ccccc2COc2ccccc21. The highest BCUT2D eigenvalue weighted by Gasteiger charge is 2.15. The van der Waals surface area contributed by atoms with Crippen LogP contribution in [-0.4, -0.2) is 38.1 Å². The van der Waals surface area contributed by atoms with Gasteiger partial charge in [0, 0.05) is 24.2 Å². The van der Waals surface area contributed by atoms with Crippen LogP contribution in [0.2, 0.25) is 0 Å². The molecule has 0 unspecified atom stereocenters. The van der Waals surface area contributed by atoms with E-state index in [1.54, 1.807) is 36.4 Å². The summed E-state index contributed by atoms with van der Waals surface area (Å²) in [5.74, 6) is 1.69. The number of nitrogens with one attached hydrogen (secondary N) is 2. The molecule has 0 aromatic heterocycles. The van der Waals surface area contributed by atoms with E-state index in [9.17, 15) is 9.59 Å². The van der Waals surface area contributed by atoms with Crippen LogP contribution in [0.25, 0.3) is 0 Å². The molecule has 214 valence electrons. The second-order valence-corrected chi connectivity index (χ2v) is 9.39. The molecule has 1 heterocycles. The Labute approximate surface area is 244 Å². The summed E-state index contributed by atoms with van der Waals surface area (Å²) >= 11 is 0. The van der Waals surface area contributed by atoms with Gasteiger partial charge in [0.25, 0.3) is 11.8 Å². The van der Waals surface area contributed by atoms with E-state index in [0.717, 1.165) is 11.1 Å². The first-order valence-corrected chi connectivity index (χ1v) is 13.8. The molecule has 8 heteroatoms. The standard InChI is InChI=1S/C34H32N2O6/c37-33-27-13-3-7-17-31(27)41-23-25-11-1-5-15-29(25)39-21-9-10-22-40-30-16-6-2-12-26(30)24-42-32-18-8-4-14-28(32)34(38)36-20-19-35-33/h1-18H,19-24H2,(H,35,37)(H,36,38)/b10-9-. The number of carbonyl (C=O) groups excluding carboxylic acids is 2. The van der Waals surface area contributed by atoms with E-state index < -0.39 is 0 Å². The largest absolute Gasteiger partial charge is 0.489 e. The normalized spacial score (nSPS) is 15.5. The molecule has 0 saturated heterocycles. The fraction of sp³-hybridized carbons (Fsp3) is 0.176. The molecule has 5 rings (SSSR count). The molecule has 0 fully saturated rings. The van der Waals surface area contributed by atoms with Crippen LogP contribution in [-0.2, 0) is 13.2 Å². The number of benzene rings is 4. The molecule has 0 atom stereocenters. The predicted molar refractivity (Wildman–Crippen MR) is 159 cm³/mol. The number of ether oxygens (including phenoxy) is 4. The summed E-state index contributed by atoms with van der Waals surface area (Å²) in [6.45, 7) is 1.61. The summed E-state index contributed by atoms with van der Waals surface area (Å²) in [6.07, 6.45) is 3.79. The van der Waals surface area contributed by atoms with Gasteiger partial charge in [-0.25, -0.2) is 0 Å². The van der Waals surface area contributed by atoms with Crippen LogP contribution >= 0.6 is 0 Å². The third-order valence-corrected chi connectivity index (χ3v) is 6.51. The average molecular weight is 565 g/mol. The van der Waals surface area contributed by atoms with Gasteiger partial charge in [0.05, 0.1) is 11.1 Å². The Hall–Kier alpha value is -5.24. The Morgan fingerprint density at radius 2 is 0.833 bits per heavy atom. The number of fused-ring (bicyclic) bond motifs is 4. The van der Waals surface area contributed by atoms with E-state index in [1.807, 2.05) is 72.8 Å². The van der Waals surface area contributed by atoms with Crippen LogP contribution < -0.4 is 29.6 Å². The molecule has 1 aliphatic heterocycles. The minimum Gasteiger partial charge on any atom is -0.489 e. The van der Waals surface area contributed by atoms with Crippen molar-refractivity contribution in [3.8, 4) is 23.0 Å². The summed E-state index contributed by atoms with van der Waals surface area (Å²) in [4.78, 5) is 25.9. The number of para-hydroxylation sites is 4. The summed E-state index contributed by atoms with van der Waals surface area (Å²) in [7, 11) is 0. The fourth-order valence-electron chi connectivity index (χ4n) is 4.35. The Morgan fingerprint density at radius 3 is 1.29 bits per heavy atom. The molecule has 0 saturated carbocycles. The third-order valence-electron chi connectivity index (χ3n) is 6.51. The smallest absolute Gasteiger partial charge is 0.255 e. The van der Waals surface area contributed by atoms with Crippen molar-refractivity contribution in [2.24, 2.45) is 0 Å². The molecule has 2 amide bonds. The summed E-state index contributed by atoms with van der Waals surface area (Å²) in [5.41, 5.74) is 2.50. The molecule has 0 radical (unpaired) electrons. The van der Waals surface area contributed by atoms with Crippen LogP contribution in [0.4, 0.5) is 0 Å². The van der Waals surface area contributed by atoms with E-state index in [2.05, 4.69) is 10.6 Å². The van der Waals surface area contributed by atoms with Gasteiger partial charge < -0.3 is 29.6 Å². The second-order valence-electron chi connectivity index (χ2n) is 9.39. The van der Waals surface area contributed by atoms with Gasteiger partial charge in [-0.15, -0.1) is 0 Å². The molecule has 0 bridgehead atoms. The van der Waals surface area contributed by atoms with Crippen molar-refractivity contribution < 1.29 is 28.5 Å². The zero-order valence-corrected chi connectivity index (χ0v) is 23.1. The van der Waals surface area contributed by atoms with Crippen LogP contribution in [0.15, 0.2) is 109 Å². The summed E-state index contributed by atoms with van der Waals surface area (Å²) in [5, 5.41) is 5.71. The lowest BCUT2D eigenvalue weighted by molar-refractivity contribution is 0.0922. The van der Waals surface area contributed by atoms with Crippen LogP contribution in [0.5, 0.6) is 23.0 Å². The van der Waals surface area contributed by atoms with Gasteiger partial charge in [-0.3, -0.25) is 9.59 Å². The highest BCUT2D eigenvalue weighted by molar-refractivity contribution is 5.98. The van der Waals surface area contributed by atoms with Gasteiger partial charge in [-0.05, 0) is 48.6 Å². The number of hydrogen-bond donors (Lipinski definition) is 2. The summed E-state index contributed by atoms with van der Waals surface area (Å²) < 4.78 is 24.1. The highest BCUT2D eigenvalue weighted by atomic mass is 16.5. The maximum Gasteiger partial charge on any atom is 0.255 e. The molecular formula is C34H32N2O6. The molecule has 0 aliphatic carbocycles. The number of rotatable bonds is 0. The van der Waals surface area contributed by atoms with Crippen molar-refractivity contribution in [2.45, 2.75) is 13.2 Å². The third kappa shape index (κ3) is 7.48. The van der Waals surface area contributed by atoms with Crippen molar-refractivity contribution in [3.05, 3.63) is 131 Å². The van der Waals surface area contributed by atoms with Crippen molar-refractivity contribution in [1.29, 1.82) is 0 Å². The molecule has 42 heavy (non-hydrogen) atoms. The minimum absolute atomic E-state index is 0.224. The maximum absolute atomic E-state index is 13.0. The highest BCUT2D eigenvalue weighted by Crippen LogP contribution is 2.25. The van der Waals surface area contributed by atoms with Gasteiger partial charge in [0.15, 0.2) is 0 Å². The van der Waals surface area contributed by atoms with Gasteiger partial charge in [-0.2, -0.15) is 0 Å². The Bertz CT molecular complexity index is 1440. The predicted octanol–water partition coefficient (Wildman–Crippen LogP) is 5.33. The van der Waals surface area contributed by atoms with Gasteiger partial charge in [0.1, 0.15) is 49.4 Å². The Balaban J connectivity index is 1.35. The molecular weight excluding hydrogens is 532 g/mol. The minimum atomic E-state index is -0.298. The molecule has 4 aromatic rings. The first kappa shape index (κ1) is 28.3. The molecule has 2 N–H and O–H groups in total. The zero-order chi connectivity index (χ0) is 29.0. The van der Waals surface area contributed by atoms with E-state index >= 15 is 0 Å². The first-order valence-electron chi connectivity index (χ1n) is 13.8. The Kier molecular flexibility index (Phi) is 9.71. The first-order chi connectivity index (χ1) is 20.7. The van der Waals surface area contributed by atoms with Crippen molar-refractivity contribution >= 4 is 11.8 Å². The Morgan fingerprint density at radius 1 is 0.452 bits per heavy atom. The maximum atomic E-state index is 13.0. The van der Waals surface area contributed by atoms with Gasteiger partial charge >= 0.3 is 0 Å². The van der Waals surface area contributed by atoms with Crippen molar-refractivity contribution in [1.82, 2.24) is 10.6 Å². The van der Waals surface area contributed by atoms with E-state index in [-0.39, 0.29) is 38.1 Å². The summed E-state index contributed by atoms with van der Waals surface area (Å²) in [6, 6.07) is 29.3. The molecule has 8 nitrogen and oxygen atoms in total. The molecule has 0 spiro atoms. The fourth-order valence-corrected chi connectivity index (χ4v) is 4.35. The van der Waals surface area contributed by atoms with Crippen LogP contribution in [0.3, 0.4) is 0 Å². The average Bonchev–Trinajstić information content (AvgIpc) is 3.03. The van der Waals surface area contributed by atoms with E-state index in [1.165, 1.54) is 0 Å². The van der Waals surface area contributed by atoms with Crippen LogP contribution in [0.1, 0.15) is 31.8 Å².